The predicted molar refractivity (Wildman–Crippen MR) is 97.2 cm³/mol. The zero-order valence-corrected chi connectivity index (χ0v) is 14.3. The summed E-state index contributed by atoms with van der Waals surface area (Å²) in [5.74, 6) is -3.52. The molecule has 0 aromatic heterocycles. The Bertz CT molecular complexity index is 931. The number of ether oxygens (including phenoxy) is 1. The maximum Gasteiger partial charge on any atom is 0.310 e. The number of hydrogen-bond acceptors (Lipinski definition) is 3. The number of carbonyl (C=O) groups excluding carboxylic acids is 2. The van der Waals surface area contributed by atoms with Gasteiger partial charge in [0.05, 0.1) is 12.0 Å². The Balaban J connectivity index is 1.57. The lowest BCUT2D eigenvalue weighted by molar-refractivity contribution is -0.141. The number of esters is 1. The molecule has 0 aliphatic carbocycles. The van der Waals surface area contributed by atoms with E-state index in [0.717, 1.165) is 29.3 Å². The topological polar surface area (TPSA) is 43.4 Å². The van der Waals surface area contributed by atoms with Crippen molar-refractivity contribution in [1.82, 2.24) is 0 Å². The molecule has 0 radical (unpaired) electrons. The molecule has 0 amide bonds. The van der Waals surface area contributed by atoms with Crippen LogP contribution in [-0.4, -0.2) is 18.4 Å². The van der Waals surface area contributed by atoms with Crippen molar-refractivity contribution in [2.75, 3.05) is 6.61 Å². The van der Waals surface area contributed by atoms with Crippen molar-refractivity contribution in [2.45, 2.75) is 6.42 Å². The van der Waals surface area contributed by atoms with Gasteiger partial charge in [-0.1, -0.05) is 60.7 Å². The second-order valence-corrected chi connectivity index (χ2v) is 5.92. The van der Waals surface area contributed by atoms with E-state index < -0.39 is 35.6 Å². The maximum atomic E-state index is 13.5. The Kier molecular flexibility index (Phi) is 5.71. The van der Waals surface area contributed by atoms with Gasteiger partial charge >= 0.3 is 5.97 Å². The van der Waals surface area contributed by atoms with Gasteiger partial charge in [-0.25, -0.2) is 8.78 Å². The molecule has 0 N–H and O–H groups in total. The number of benzene rings is 3. The van der Waals surface area contributed by atoms with Gasteiger partial charge in [0.25, 0.3) is 0 Å². The molecule has 27 heavy (non-hydrogen) atoms. The fourth-order valence-electron chi connectivity index (χ4n) is 2.65. The van der Waals surface area contributed by atoms with E-state index in [4.69, 9.17) is 4.74 Å². The number of carbonyl (C=O) groups is 2. The van der Waals surface area contributed by atoms with Crippen LogP contribution in [0, 0.1) is 11.6 Å². The van der Waals surface area contributed by atoms with Crippen molar-refractivity contribution >= 4 is 11.8 Å². The Morgan fingerprint density at radius 3 is 1.96 bits per heavy atom. The zero-order chi connectivity index (χ0) is 19.2. The van der Waals surface area contributed by atoms with Crippen LogP contribution in [0.4, 0.5) is 8.78 Å². The third-order valence-corrected chi connectivity index (χ3v) is 4.02. The van der Waals surface area contributed by atoms with E-state index in [-0.39, 0.29) is 6.42 Å². The molecular weight excluding hydrogens is 350 g/mol. The molecule has 0 heterocycles. The van der Waals surface area contributed by atoms with Gasteiger partial charge < -0.3 is 4.74 Å². The summed E-state index contributed by atoms with van der Waals surface area (Å²) in [6, 6.07) is 20.3. The highest BCUT2D eigenvalue weighted by Crippen LogP contribution is 2.19. The van der Waals surface area contributed by atoms with E-state index in [1.165, 1.54) is 0 Å². The number of rotatable bonds is 6. The highest BCUT2D eigenvalue weighted by atomic mass is 19.1. The first-order chi connectivity index (χ1) is 13.0. The van der Waals surface area contributed by atoms with Crippen molar-refractivity contribution in [3.8, 4) is 11.1 Å². The molecule has 0 spiro atoms. The molecule has 136 valence electrons. The molecule has 0 atom stereocenters. The molecule has 0 aliphatic rings. The summed E-state index contributed by atoms with van der Waals surface area (Å²) in [5, 5.41) is 0. The molecule has 0 fully saturated rings. The Morgan fingerprint density at radius 1 is 0.741 bits per heavy atom. The molecule has 0 unspecified atom stereocenters. The number of ketones is 1. The van der Waals surface area contributed by atoms with Gasteiger partial charge in [0.1, 0.15) is 11.6 Å². The van der Waals surface area contributed by atoms with Gasteiger partial charge in [-0.3, -0.25) is 9.59 Å². The van der Waals surface area contributed by atoms with Crippen LogP contribution in [0.5, 0.6) is 0 Å². The molecule has 3 aromatic rings. The summed E-state index contributed by atoms with van der Waals surface area (Å²) in [6.45, 7) is -0.710. The average Bonchev–Trinajstić information content (AvgIpc) is 2.67. The number of halogens is 2. The third kappa shape index (κ3) is 4.64. The smallest absolute Gasteiger partial charge is 0.310 e. The van der Waals surface area contributed by atoms with Gasteiger partial charge in [0, 0.05) is 0 Å². The Labute approximate surface area is 155 Å². The summed E-state index contributed by atoms with van der Waals surface area (Å²) < 4.78 is 32.0. The van der Waals surface area contributed by atoms with E-state index in [9.17, 15) is 18.4 Å². The highest BCUT2D eigenvalue weighted by Gasteiger charge is 2.18. The molecule has 3 nitrogen and oxygen atoms in total. The second-order valence-electron chi connectivity index (χ2n) is 5.92. The summed E-state index contributed by atoms with van der Waals surface area (Å²) in [7, 11) is 0. The van der Waals surface area contributed by atoms with E-state index in [1.54, 1.807) is 12.1 Å². The van der Waals surface area contributed by atoms with Crippen molar-refractivity contribution in [3.05, 3.63) is 95.6 Å². The van der Waals surface area contributed by atoms with Crippen LogP contribution >= 0.6 is 0 Å². The fourth-order valence-corrected chi connectivity index (χ4v) is 2.65. The van der Waals surface area contributed by atoms with Gasteiger partial charge in [-0.15, -0.1) is 0 Å². The van der Waals surface area contributed by atoms with Crippen molar-refractivity contribution in [3.63, 3.8) is 0 Å². The quantitative estimate of drug-likeness (QED) is 0.473. The molecule has 0 saturated carbocycles. The summed E-state index contributed by atoms with van der Waals surface area (Å²) in [4.78, 5) is 23.8. The molecule has 3 aromatic carbocycles. The third-order valence-electron chi connectivity index (χ3n) is 4.02. The Morgan fingerprint density at radius 2 is 1.33 bits per heavy atom. The maximum absolute atomic E-state index is 13.5. The minimum atomic E-state index is -0.979. The lowest BCUT2D eigenvalue weighted by Gasteiger charge is -2.07. The van der Waals surface area contributed by atoms with Crippen LogP contribution in [0.3, 0.4) is 0 Å². The largest absolute Gasteiger partial charge is 0.457 e. The molecule has 0 bridgehead atoms. The molecular formula is C22H16F2O3. The normalized spacial score (nSPS) is 10.4. The number of Topliss-reactive ketones (excluding diaryl/α,β-unsaturated/α-hetero) is 1. The first-order valence-electron chi connectivity index (χ1n) is 8.32. The molecule has 0 aliphatic heterocycles. The SMILES string of the molecule is O=C(Cc1ccc(-c2ccccc2)cc1)OCC(=O)c1c(F)cccc1F. The van der Waals surface area contributed by atoms with Crippen LogP contribution in [0.15, 0.2) is 72.8 Å². The average molecular weight is 366 g/mol. The molecule has 0 saturated heterocycles. The van der Waals surface area contributed by atoms with E-state index in [1.807, 2.05) is 42.5 Å². The fraction of sp³-hybridized carbons (Fsp3) is 0.0909. The Hall–Kier alpha value is -3.34. The first-order valence-corrected chi connectivity index (χ1v) is 8.32. The minimum Gasteiger partial charge on any atom is -0.457 e. The van der Waals surface area contributed by atoms with Crippen molar-refractivity contribution in [2.24, 2.45) is 0 Å². The van der Waals surface area contributed by atoms with Crippen LogP contribution in [0.1, 0.15) is 15.9 Å². The summed E-state index contributed by atoms with van der Waals surface area (Å²) in [6.07, 6.45) is -0.0396. The number of hydrogen-bond donors (Lipinski definition) is 0. The summed E-state index contributed by atoms with van der Waals surface area (Å²) in [5.41, 5.74) is 2.09. The highest BCUT2D eigenvalue weighted by molar-refractivity contribution is 5.98. The first kappa shape index (κ1) is 18.5. The second kappa shape index (κ2) is 8.36. The van der Waals surface area contributed by atoms with Crippen molar-refractivity contribution in [1.29, 1.82) is 0 Å². The predicted octanol–water partition coefficient (Wildman–Crippen LogP) is 4.60. The van der Waals surface area contributed by atoms with Crippen LogP contribution < -0.4 is 0 Å². The van der Waals surface area contributed by atoms with Gasteiger partial charge in [0.2, 0.25) is 5.78 Å². The lowest BCUT2D eigenvalue weighted by Crippen LogP contribution is -2.17. The molecule has 5 heteroatoms. The zero-order valence-electron chi connectivity index (χ0n) is 14.3. The van der Waals surface area contributed by atoms with Gasteiger partial charge in [0.15, 0.2) is 6.61 Å². The molecule has 3 rings (SSSR count). The lowest BCUT2D eigenvalue weighted by atomic mass is 10.0. The van der Waals surface area contributed by atoms with Crippen molar-refractivity contribution < 1.29 is 23.1 Å². The standard InChI is InChI=1S/C22H16F2O3/c23-18-7-4-8-19(24)22(18)20(25)14-27-21(26)13-15-9-11-17(12-10-15)16-5-2-1-3-6-16/h1-12H,13-14H2. The van der Waals surface area contributed by atoms with Crippen LogP contribution in [0.25, 0.3) is 11.1 Å². The van der Waals surface area contributed by atoms with E-state index in [0.29, 0.717) is 5.56 Å². The van der Waals surface area contributed by atoms with Gasteiger partial charge in [-0.2, -0.15) is 0 Å². The summed E-state index contributed by atoms with van der Waals surface area (Å²) >= 11 is 0. The minimum absolute atomic E-state index is 0.0396. The van der Waals surface area contributed by atoms with Gasteiger partial charge in [-0.05, 0) is 28.8 Å². The van der Waals surface area contributed by atoms with Crippen LogP contribution in [-0.2, 0) is 16.0 Å². The van der Waals surface area contributed by atoms with Crippen LogP contribution in [0.2, 0.25) is 0 Å². The van der Waals surface area contributed by atoms with E-state index >= 15 is 0 Å². The monoisotopic (exact) mass is 366 g/mol. The van der Waals surface area contributed by atoms with E-state index in [2.05, 4.69) is 0 Å².